The Balaban J connectivity index is 2.02. The predicted molar refractivity (Wildman–Crippen MR) is 115 cm³/mol. The van der Waals surface area contributed by atoms with Gasteiger partial charge in [0, 0.05) is 24.5 Å². The molecule has 1 heterocycles. The highest BCUT2D eigenvalue weighted by Gasteiger charge is 2.12. The number of hydrogen-bond acceptors (Lipinski definition) is 6. The Morgan fingerprint density at radius 3 is 2.36 bits per heavy atom. The lowest BCUT2D eigenvalue weighted by atomic mass is 10.2. The molecular weight excluding hydrogens is 352 g/mol. The van der Waals surface area contributed by atoms with Crippen LogP contribution in [0.2, 0.25) is 0 Å². The highest BCUT2D eigenvalue weighted by molar-refractivity contribution is 5.92. The molecule has 0 fully saturated rings. The SMILES string of the molecule is COc1cc2nc(C=Cc3ccccc3)nc(NCCN(C)C)c2cc1OC. The number of methoxy groups -OCH3 is 2. The minimum Gasteiger partial charge on any atom is -0.493 e. The standard InChI is InChI=1S/C22H26N4O2/c1-26(2)13-12-23-22-17-14-19(27-3)20(28-4)15-18(17)24-21(25-22)11-10-16-8-6-5-7-9-16/h5-11,14-15H,12-13H2,1-4H3,(H,23,24,25). The molecule has 3 aromatic rings. The zero-order chi connectivity index (χ0) is 19.9. The van der Waals surface area contributed by atoms with E-state index in [1.165, 1.54) is 0 Å². The number of likely N-dealkylation sites (N-methyl/N-ethyl adjacent to an activating group) is 1. The second-order valence-corrected chi connectivity index (χ2v) is 6.63. The highest BCUT2D eigenvalue weighted by Crippen LogP contribution is 2.34. The average molecular weight is 378 g/mol. The Bertz CT molecular complexity index is 956. The quantitative estimate of drug-likeness (QED) is 0.644. The summed E-state index contributed by atoms with van der Waals surface area (Å²) in [4.78, 5) is 11.5. The lowest BCUT2D eigenvalue weighted by Gasteiger charge is -2.14. The molecule has 0 saturated heterocycles. The third kappa shape index (κ3) is 4.78. The van der Waals surface area contributed by atoms with Gasteiger partial charge in [0.15, 0.2) is 17.3 Å². The van der Waals surface area contributed by atoms with Crippen molar-refractivity contribution in [2.45, 2.75) is 0 Å². The van der Waals surface area contributed by atoms with Gasteiger partial charge in [-0.25, -0.2) is 9.97 Å². The number of hydrogen-bond donors (Lipinski definition) is 1. The first-order chi connectivity index (χ1) is 13.6. The van der Waals surface area contributed by atoms with Crippen LogP contribution in [-0.4, -0.2) is 56.3 Å². The van der Waals surface area contributed by atoms with Crippen molar-refractivity contribution in [1.29, 1.82) is 0 Å². The van der Waals surface area contributed by atoms with Crippen LogP contribution in [0.5, 0.6) is 11.5 Å². The molecule has 0 radical (unpaired) electrons. The van der Waals surface area contributed by atoms with Gasteiger partial charge >= 0.3 is 0 Å². The maximum Gasteiger partial charge on any atom is 0.162 e. The van der Waals surface area contributed by atoms with E-state index in [1.54, 1.807) is 14.2 Å². The summed E-state index contributed by atoms with van der Waals surface area (Å²) in [6.07, 6.45) is 3.92. The number of nitrogens with one attached hydrogen (secondary N) is 1. The van der Waals surface area contributed by atoms with E-state index in [4.69, 9.17) is 19.4 Å². The van der Waals surface area contributed by atoms with Crippen molar-refractivity contribution in [2.24, 2.45) is 0 Å². The molecule has 6 heteroatoms. The van der Waals surface area contributed by atoms with Crippen LogP contribution in [0.4, 0.5) is 5.82 Å². The van der Waals surface area contributed by atoms with Crippen molar-refractivity contribution < 1.29 is 9.47 Å². The molecule has 0 unspecified atom stereocenters. The first-order valence-electron chi connectivity index (χ1n) is 9.16. The maximum absolute atomic E-state index is 5.45. The number of nitrogens with zero attached hydrogens (tertiary/aromatic N) is 3. The van der Waals surface area contributed by atoms with E-state index in [0.29, 0.717) is 17.3 Å². The van der Waals surface area contributed by atoms with Crippen molar-refractivity contribution in [3.63, 3.8) is 0 Å². The Morgan fingerprint density at radius 1 is 0.964 bits per heavy atom. The Morgan fingerprint density at radius 2 is 1.68 bits per heavy atom. The monoisotopic (exact) mass is 378 g/mol. The molecule has 1 N–H and O–H groups in total. The normalized spacial score (nSPS) is 11.3. The van der Waals surface area contributed by atoms with Gasteiger partial charge in [-0.05, 0) is 31.8 Å². The Labute approximate surface area is 165 Å². The molecule has 2 aromatic carbocycles. The van der Waals surface area contributed by atoms with E-state index in [-0.39, 0.29) is 0 Å². The summed E-state index contributed by atoms with van der Waals surface area (Å²) in [5, 5.41) is 4.32. The van der Waals surface area contributed by atoms with Crippen molar-refractivity contribution in [3.05, 3.63) is 53.9 Å². The van der Waals surface area contributed by atoms with E-state index in [1.807, 2.05) is 68.7 Å². The second kappa shape index (κ2) is 9.19. The summed E-state index contributed by atoms with van der Waals surface area (Å²) in [5.74, 6) is 2.71. The zero-order valence-corrected chi connectivity index (χ0v) is 16.8. The molecule has 0 aliphatic rings. The fourth-order valence-corrected chi connectivity index (χ4v) is 2.82. The molecule has 0 aliphatic carbocycles. The van der Waals surface area contributed by atoms with Crippen LogP contribution in [0.1, 0.15) is 11.4 Å². The van der Waals surface area contributed by atoms with Gasteiger partial charge in [-0.1, -0.05) is 36.4 Å². The van der Waals surface area contributed by atoms with Crippen LogP contribution in [-0.2, 0) is 0 Å². The number of fused-ring (bicyclic) bond motifs is 1. The molecule has 0 amide bonds. The lowest BCUT2D eigenvalue weighted by Crippen LogP contribution is -2.21. The van der Waals surface area contributed by atoms with Crippen LogP contribution < -0.4 is 14.8 Å². The number of ether oxygens (including phenoxy) is 2. The molecule has 0 aliphatic heterocycles. The van der Waals surface area contributed by atoms with Crippen LogP contribution >= 0.6 is 0 Å². The molecule has 6 nitrogen and oxygen atoms in total. The number of aromatic nitrogens is 2. The third-order valence-electron chi connectivity index (χ3n) is 4.29. The molecule has 146 valence electrons. The molecule has 0 spiro atoms. The second-order valence-electron chi connectivity index (χ2n) is 6.63. The lowest BCUT2D eigenvalue weighted by molar-refractivity contribution is 0.356. The van der Waals surface area contributed by atoms with Gasteiger partial charge in [0.1, 0.15) is 5.82 Å². The van der Waals surface area contributed by atoms with E-state index in [9.17, 15) is 0 Å². The van der Waals surface area contributed by atoms with Gasteiger partial charge in [0.05, 0.1) is 19.7 Å². The highest BCUT2D eigenvalue weighted by atomic mass is 16.5. The van der Waals surface area contributed by atoms with Gasteiger partial charge in [-0.2, -0.15) is 0 Å². The summed E-state index contributed by atoms with van der Waals surface area (Å²) >= 11 is 0. The number of benzene rings is 2. The Hall–Kier alpha value is -3.12. The summed E-state index contributed by atoms with van der Waals surface area (Å²) in [6, 6.07) is 13.9. The van der Waals surface area contributed by atoms with Gasteiger partial charge in [0.2, 0.25) is 0 Å². The molecule has 1 aromatic heterocycles. The van der Waals surface area contributed by atoms with Crippen LogP contribution in [0.3, 0.4) is 0 Å². The van der Waals surface area contributed by atoms with Gasteiger partial charge in [-0.15, -0.1) is 0 Å². The molecule has 0 atom stereocenters. The first-order valence-corrected chi connectivity index (χ1v) is 9.16. The number of anilines is 1. The average Bonchev–Trinajstić information content (AvgIpc) is 2.71. The van der Waals surface area contributed by atoms with E-state index < -0.39 is 0 Å². The zero-order valence-electron chi connectivity index (χ0n) is 16.8. The fraction of sp³-hybridized carbons (Fsp3) is 0.273. The van der Waals surface area contributed by atoms with Crippen LogP contribution in [0, 0.1) is 0 Å². The minimum absolute atomic E-state index is 0.635. The molecule has 28 heavy (non-hydrogen) atoms. The van der Waals surface area contributed by atoms with E-state index in [2.05, 4.69) is 10.2 Å². The summed E-state index contributed by atoms with van der Waals surface area (Å²) < 4.78 is 10.9. The smallest absolute Gasteiger partial charge is 0.162 e. The molecule has 3 rings (SSSR count). The summed E-state index contributed by atoms with van der Waals surface area (Å²) in [6.45, 7) is 1.67. The fourth-order valence-electron chi connectivity index (χ4n) is 2.82. The van der Waals surface area contributed by atoms with Crippen molar-refractivity contribution in [3.8, 4) is 11.5 Å². The predicted octanol–water partition coefficient (Wildman–Crippen LogP) is 3.79. The van der Waals surface area contributed by atoms with E-state index >= 15 is 0 Å². The molecule has 0 bridgehead atoms. The summed E-state index contributed by atoms with van der Waals surface area (Å²) in [7, 11) is 7.33. The largest absolute Gasteiger partial charge is 0.493 e. The topological polar surface area (TPSA) is 59.5 Å². The first kappa shape index (κ1) is 19.6. The van der Waals surface area contributed by atoms with Crippen molar-refractivity contribution in [2.75, 3.05) is 46.7 Å². The third-order valence-corrected chi connectivity index (χ3v) is 4.29. The van der Waals surface area contributed by atoms with Gasteiger partial charge < -0.3 is 19.7 Å². The molecule has 0 saturated carbocycles. The van der Waals surface area contributed by atoms with Crippen LogP contribution in [0.25, 0.3) is 23.1 Å². The number of rotatable bonds is 8. The van der Waals surface area contributed by atoms with Gasteiger partial charge in [0.25, 0.3) is 0 Å². The summed E-state index contributed by atoms with van der Waals surface area (Å²) in [5.41, 5.74) is 1.90. The Kier molecular flexibility index (Phi) is 6.45. The minimum atomic E-state index is 0.635. The molecular formula is C22H26N4O2. The van der Waals surface area contributed by atoms with Crippen molar-refractivity contribution in [1.82, 2.24) is 14.9 Å². The van der Waals surface area contributed by atoms with Gasteiger partial charge in [-0.3, -0.25) is 0 Å². The van der Waals surface area contributed by atoms with Crippen LogP contribution in [0.15, 0.2) is 42.5 Å². The van der Waals surface area contributed by atoms with E-state index in [0.717, 1.165) is 35.4 Å². The van der Waals surface area contributed by atoms with Crippen molar-refractivity contribution >= 4 is 28.9 Å². The maximum atomic E-state index is 5.45.